The second-order valence-corrected chi connectivity index (χ2v) is 6.59. The van der Waals surface area contributed by atoms with Gasteiger partial charge in [0.1, 0.15) is 28.5 Å². The second kappa shape index (κ2) is 8.52. The summed E-state index contributed by atoms with van der Waals surface area (Å²) in [5, 5.41) is 14.2. The topological polar surface area (TPSA) is 80.2 Å². The lowest BCUT2D eigenvalue weighted by molar-refractivity contribution is 0.214. The van der Waals surface area contributed by atoms with Gasteiger partial charge in [0.15, 0.2) is 5.15 Å². The summed E-state index contributed by atoms with van der Waals surface area (Å²) in [7, 11) is 1.63. The first kappa shape index (κ1) is 19.4. The number of benzene rings is 1. The number of halogens is 2. The van der Waals surface area contributed by atoms with Gasteiger partial charge >= 0.3 is 0 Å². The summed E-state index contributed by atoms with van der Waals surface area (Å²) in [6, 6.07) is 9.48. The van der Waals surface area contributed by atoms with Crippen molar-refractivity contribution in [2.75, 3.05) is 12.4 Å². The summed E-state index contributed by atoms with van der Waals surface area (Å²) in [5.41, 5.74) is 2.76. The Morgan fingerprint density at radius 3 is 2.56 bits per heavy atom. The fraction of sp³-hybridized carbons (Fsp3) is 0.211. The molecule has 0 bridgehead atoms. The van der Waals surface area contributed by atoms with Crippen LogP contribution in [0.5, 0.6) is 5.75 Å². The van der Waals surface area contributed by atoms with E-state index in [1.807, 2.05) is 31.2 Å². The van der Waals surface area contributed by atoms with Crippen molar-refractivity contribution in [1.29, 1.82) is 0 Å². The van der Waals surface area contributed by atoms with Crippen molar-refractivity contribution >= 4 is 29.0 Å². The molecule has 1 aromatic carbocycles. The van der Waals surface area contributed by atoms with Crippen molar-refractivity contribution in [1.82, 2.24) is 15.0 Å². The monoisotopic (exact) mass is 404 g/mol. The molecule has 0 saturated heterocycles. The molecule has 3 aromatic rings. The average Bonchev–Trinajstić information content (AvgIpc) is 2.67. The van der Waals surface area contributed by atoms with Crippen LogP contribution in [-0.2, 0) is 6.54 Å². The molecule has 0 aliphatic carbocycles. The molecule has 6 nitrogen and oxygen atoms in total. The maximum atomic E-state index is 10.7. The van der Waals surface area contributed by atoms with Crippen LogP contribution in [0.2, 0.25) is 10.3 Å². The molecule has 0 aliphatic heterocycles. The van der Waals surface area contributed by atoms with Crippen LogP contribution in [0, 0.1) is 6.92 Å². The number of nitrogens with zero attached hydrogens (tertiary/aromatic N) is 3. The number of aliphatic hydroxyl groups is 1. The average molecular weight is 405 g/mol. The molecule has 0 saturated carbocycles. The number of pyridine rings is 1. The van der Waals surface area contributed by atoms with E-state index < -0.39 is 6.10 Å². The highest BCUT2D eigenvalue weighted by molar-refractivity contribution is 6.32. The van der Waals surface area contributed by atoms with Crippen LogP contribution in [0.25, 0.3) is 0 Å². The van der Waals surface area contributed by atoms with Gasteiger partial charge in [-0.1, -0.05) is 35.3 Å². The van der Waals surface area contributed by atoms with Gasteiger partial charge in [0.05, 0.1) is 13.3 Å². The lowest BCUT2D eigenvalue weighted by atomic mass is 10.0. The number of rotatable bonds is 6. The van der Waals surface area contributed by atoms with Gasteiger partial charge in [0.2, 0.25) is 0 Å². The summed E-state index contributed by atoms with van der Waals surface area (Å²) >= 11 is 11.8. The molecule has 2 N–H and O–H groups in total. The standard InChI is InChI=1S/C19H18Cl2N4O2/c1-11-14(17(26)16-18(21)25-15(20)10-23-16)7-8-22-19(11)24-9-12-3-5-13(27-2)6-4-12/h3-8,10,17,26H,9H2,1-2H3,(H,22,24). The highest BCUT2D eigenvalue weighted by atomic mass is 35.5. The highest BCUT2D eigenvalue weighted by Gasteiger charge is 2.20. The normalized spacial score (nSPS) is 11.9. The van der Waals surface area contributed by atoms with E-state index in [4.69, 9.17) is 27.9 Å². The summed E-state index contributed by atoms with van der Waals surface area (Å²) in [5.74, 6) is 1.47. The SMILES string of the molecule is COc1ccc(CNc2nccc(C(O)c3ncc(Cl)nc3Cl)c2C)cc1. The summed E-state index contributed by atoms with van der Waals surface area (Å²) in [6.45, 7) is 2.46. The van der Waals surface area contributed by atoms with E-state index in [1.165, 1.54) is 6.20 Å². The Morgan fingerprint density at radius 1 is 1.15 bits per heavy atom. The number of nitrogens with one attached hydrogen (secondary N) is 1. The van der Waals surface area contributed by atoms with Gasteiger partial charge in [0, 0.05) is 12.7 Å². The zero-order valence-corrected chi connectivity index (χ0v) is 16.3. The molecule has 2 aromatic heterocycles. The smallest absolute Gasteiger partial charge is 0.155 e. The molecule has 0 radical (unpaired) electrons. The minimum atomic E-state index is -1.04. The van der Waals surface area contributed by atoms with E-state index in [0.717, 1.165) is 16.9 Å². The number of anilines is 1. The van der Waals surface area contributed by atoms with E-state index in [-0.39, 0.29) is 16.0 Å². The molecule has 0 spiro atoms. The summed E-state index contributed by atoms with van der Waals surface area (Å²) in [4.78, 5) is 12.4. The van der Waals surface area contributed by atoms with Gasteiger partial charge < -0.3 is 15.2 Å². The number of aromatic nitrogens is 3. The van der Waals surface area contributed by atoms with Gasteiger partial charge in [0.25, 0.3) is 0 Å². The van der Waals surface area contributed by atoms with E-state index in [9.17, 15) is 5.11 Å². The summed E-state index contributed by atoms with van der Waals surface area (Å²) in [6.07, 6.45) is 1.94. The Morgan fingerprint density at radius 2 is 1.89 bits per heavy atom. The Hall–Kier alpha value is -2.41. The predicted molar refractivity (Wildman–Crippen MR) is 105 cm³/mol. The number of methoxy groups -OCH3 is 1. The fourth-order valence-corrected chi connectivity index (χ4v) is 3.06. The Bertz CT molecular complexity index is 935. The third-order valence-corrected chi connectivity index (χ3v) is 4.61. The van der Waals surface area contributed by atoms with Crippen molar-refractivity contribution in [2.45, 2.75) is 19.6 Å². The molecule has 2 heterocycles. The van der Waals surface area contributed by atoms with Crippen molar-refractivity contribution < 1.29 is 9.84 Å². The van der Waals surface area contributed by atoms with E-state index >= 15 is 0 Å². The molecule has 1 unspecified atom stereocenters. The lowest BCUT2D eigenvalue weighted by Crippen LogP contribution is -2.10. The summed E-state index contributed by atoms with van der Waals surface area (Å²) < 4.78 is 5.16. The van der Waals surface area contributed by atoms with Crippen LogP contribution in [0.15, 0.2) is 42.7 Å². The maximum Gasteiger partial charge on any atom is 0.155 e. The molecule has 3 rings (SSSR count). The highest BCUT2D eigenvalue weighted by Crippen LogP contribution is 2.30. The van der Waals surface area contributed by atoms with Gasteiger partial charge in [-0.05, 0) is 41.8 Å². The van der Waals surface area contributed by atoms with Crippen molar-refractivity contribution in [3.63, 3.8) is 0 Å². The first-order valence-electron chi connectivity index (χ1n) is 8.18. The lowest BCUT2D eigenvalue weighted by Gasteiger charge is -2.17. The Balaban J connectivity index is 1.80. The van der Waals surface area contributed by atoms with Gasteiger partial charge in [-0.25, -0.2) is 9.97 Å². The van der Waals surface area contributed by atoms with Gasteiger partial charge in [-0.2, -0.15) is 0 Å². The van der Waals surface area contributed by atoms with E-state index in [0.29, 0.717) is 17.9 Å². The van der Waals surface area contributed by atoms with Crippen molar-refractivity contribution in [3.8, 4) is 5.75 Å². The second-order valence-electron chi connectivity index (χ2n) is 5.85. The maximum absolute atomic E-state index is 10.7. The third kappa shape index (κ3) is 4.47. The first-order valence-corrected chi connectivity index (χ1v) is 8.93. The number of ether oxygens (including phenoxy) is 1. The molecule has 140 valence electrons. The zero-order valence-electron chi connectivity index (χ0n) is 14.8. The van der Waals surface area contributed by atoms with E-state index in [1.54, 1.807) is 19.4 Å². The Labute approximate surface area is 167 Å². The Kier molecular flexibility index (Phi) is 6.11. The molecular weight excluding hydrogens is 387 g/mol. The minimum Gasteiger partial charge on any atom is -0.497 e. The van der Waals surface area contributed by atoms with Crippen molar-refractivity contribution in [3.05, 3.63) is 75.4 Å². The van der Waals surface area contributed by atoms with Crippen molar-refractivity contribution in [2.24, 2.45) is 0 Å². The van der Waals surface area contributed by atoms with Crippen LogP contribution in [0.1, 0.15) is 28.5 Å². The van der Waals surface area contributed by atoms with Crippen LogP contribution in [-0.4, -0.2) is 27.2 Å². The molecular formula is C19H18Cl2N4O2. The third-order valence-electron chi connectivity index (χ3n) is 4.15. The van der Waals surface area contributed by atoms with Crippen LogP contribution in [0.3, 0.4) is 0 Å². The van der Waals surface area contributed by atoms with E-state index in [2.05, 4.69) is 20.3 Å². The number of hydrogen-bond acceptors (Lipinski definition) is 6. The zero-order chi connectivity index (χ0) is 19.4. The molecule has 27 heavy (non-hydrogen) atoms. The number of aliphatic hydroxyl groups excluding tert-OH is 1. The molecule has 1 atom stereocenters. The largest absolute Gasteiger partial charge is 0.497 e. The number of hydrogen-bond donors (Lipinski definition) is 2. The molecule has 0 fully saturated rings. The van der Waals surface area contributed by atoms with Crippen LogP contribution in [0.4, 0.5) is 5.82 Å². The van der Waals surface area contributed by atoms with Gasteiger partial charge in [-0.3, -0.25) is 4.98 Å². The first-order chi connectivity index (χ1) is 13.0. The fourth-order valence-electron chi connectivity index (χ4n) is 2.64. The minimum absolute atomic E-state index is 0.0685. The van der Waals surface area contributed by atoms with Crippen LogP contribution >= 0.6 is 23.2 Å². The van der Waals surface area contributed by atoms with Crippen LogP contribution < -0.4 is 10.1 Å². The molecule has 0 amide bonds. The molecule has 8 heteroatoms. The molecule has 0 aliphatic rings. The predicted octanol–water partition coefficient (Wildman–Crippen LogP) is 4.19. The van der Waals surface area contributed by atoms with Gasteiger partial charge in [-0.15, -0.1) is 0 Å². The quantitative estimate of drug-likeness (QED) is 0.640.